The molecule has 0 amide bonds. The summed E-state index contributed by atoms with van der Waals surface area (Å²) >= 11 is 4.69. The van der Waals surface area contributed by atoms with Crippen molar-refractivity contribution in [1.82, 2.24) is 0 Å². The zero-order valence-corrected chi connectivity index (χ0v) is 12.7. The van der Waals surface area contributed by atoms with E-state index >= 15 is 0 Å². The first-order valence-electron chi connectivity index (χ1n) is 5.73. The molecule has 0 N–H and O–H groups in total. The molecule has 1 aromatic carbocycles. The number of hydrogen-bond acceptors (Lipinski definition) is 3. The van der Waals surface area contributed by atoms with Crippen molar-refractivity contribution in [3.05, 3.63) is 23.8 Å². The Morgan fingerprint density at radius 1 is 1.47 bits per heavy atom. The molecule has 0 radical (unpaired) electrons. The highest BCUT2D eigenvalue weighted by molar-refractivity contribution is 9.09. The van der Waals surface area contributed by atoms with E-state index in [0.717, 1.165) is 40.9 Å². The number of rotatable bonds is 7. The summed E-state index contributed by atoms with van der Waals surface area (Å²) in [6.07, 6.45) is 2.19. The second kappa shape index (κ2) is 7.77. The van der Waals surface area contributed by atoms with E-state index in [9.17, 15) is 4.79 Å². The molecule has 94 valence electrons. The zero-order valence-electron chi connectivity index (χ0n) is 10.3. The standard InChI is InChI=1S/C13H18BrNOS/c1-3-4-11-5-6-12(15(2)8-7-14)13(9-11)17-10-16/h5-6,9-10H,3-4,7-8H2,1-2H3. The van der Waals surface area contributed by atoms with Crippen LogP contribution in [0, 0.1) is 0 Å². The Bertz CT molecular complexity index is 370. The quantitative estimate of drug-likeness (QED) is 0.434. The fourth-order valence-corrected chi connectivity index (χ4v) is 2.91. The zero-order chi connectivity index (χ0) is 12.7. The van der Waals surface area contributed by atoms with E-state index in [-0.39, 0.29) is 0 Å². The summed E-state index contributed by atoms with van der Waals surface area (Å²) < 4.78 is 0. The molecular weight excluding hydrogens is 298 g/mol. The number of thioether (sulfide) groups is 1. The third-order valence-electron chi connectivity index (χ3n) is 2.57. The molecule has 0 bridgehead atoms. The van der Waals surface area contributed by atoms with Crippen molar-refractivity contribution in [2.24, 2.45) is 0 Å². The van der Waals surface area contributed by atoms with Gasteiger partial charge in [-0.1, -0.05) is 47.1 Å². The van der Waals surface area contributed by atoms with E-state index in [2.05, 4.69) is 46.0 Å². The van der Waals surface area contributed by atoms with Gasteiger partial charge >= 0.3 is 0 Å². The van der Waals surface area contributed by atoms with Gasteiger partial charge < -0.3 is 4.90 Å². The third kappa shape index (κ3) is 4.36. The summed E-state index contributed by atoms with van der Waals surface area (Å²) in [5, 5.41) is 0.922. The minimum Gasteiger partial charge on any atom is -0.373 e. The largest absolute Gasteiger partial charge is 0.373 e. The van der Waals surface area contributed by atoms with Gasteiger partial charge in [0.25, 0.3) is 0 Å². The van der Waals surface area contributed by atoms with Gasteiger partial charge in [-0.15, -0.1) is 0 Å². The minimum absolute atomic E-state index is 0.899. The number of alkyl halides is 1. The summed E-state index contributed by atoms with van der Waals surface area (Å²) in [6, 6.07) is 6.39. The van der Waals surface area contributed by atoms with Crippen LogP contribution in [0.4, 0.5) is 5.69 Å². The van der Waals surface area contributed by atoms with E-state index in [4.69, 9.17) is 0 Å². The summed E-state index contributed by atoms with van der Waals surface area (Å²) in [5.41, 5.74) is 3.32. The maximum Gasteiger partial charge on any atom is 0.181 e. The Balaban J connectivity index is 2.98. The highest BCUT2D eigenvalue weighted by Gasteiger charge is 2.08. The fourth-order valence-electron chi connectivity index (χ4n) is 1.71. The average molecular weight is 316 g/mol. The summed E-state index contributed by atoms with van der Waals surface area (Å²) in [7, 11) is 2.05. The van der Waals surface area contributed by atoms with Crippen molar-refractivity contribution < 1.29 is 4.79 Å². The summed E-state index contributed by atoms with van der Waals surface area (Å²) in [5.74, 6) is 0. The molecule has 0 aromatic heterocycles. The van der Waals surface area contributed by atoms with Crippen molar-refractivity contribution in [2.75, 3.05) is 23.8 Å². The first-order chi connectivity index (χ1) is 8.22. The van der Waals surface area contributed by atoms with Crippen LogP contribution >= 0.6 is 27.7 Å². The third-order valence-corrected chi connectivity index (χ3v) is 3.60. The number of hydrogen-bond donors (Lipinski definition) is 0. The van der Waals surface area contributed by atoms with Crippen molar-refractivity contribution in [2.45, 2.75) is 24.7 Å². The first kappa shape index (κ1) is 14.6. The number of benzene rings is 1. The highest BCUT2D eigenvalue weighted by Crippen LogP contribution is 2.29. The lowest BCUT2D eigenvalue weighted by molar-refractivity contribution is 0.570. The number of nitrogens with zero attached hydrogens (tertiary/aromatic N) is 1. The Hall–Kier alpha value is -0.480. The second-order valence-corrected chi connectivity index (χ2v) is 5.54. The lowest BCUT2D eigenvalue weighted by Gasteiger charge is -2.21. The van der Waals surface area contributed by atoms with Crippen LogP contribution in [0.5, 0.6) is 0 Å². The Morgan fingerprint density at radius 3 is 2.82 bits per heavy atom. The van der Waals surface area contributed by atoms with Crippen molar-refractivity contribution >= 4 is 39.0 Å². The van der Waals surface area contributed by atoms with E-state index in [1.54, 1.807) is 0 Å². The number of halogens is 1. The number of aryl methyl sites for hydroxylation is 1. The van der Waals surface area contributed by atoms with Crippen LogP contribution in [0.15, 0.2) is 23.1 Å². The molecule has 0 atom stereocenters. The van der Waals surface area contributed by atoms with E-state index < -0.39 is 0 Å². The van der Waals surface area contributed by atoms with E-state index in [0.29, 0.717) is 0 Å². The molecule has 0 spiro atoms. The van der Waals surface area contributed by atoms with Gasteiger partial charge in [0.05, 0.1) is 5.69 Å². The Morgan fingerprint density at radius 2 is 2.24 bits per heavy atom. The maximum atomic E-state index is 10.7. The molecule has 0 aliphatic rings. The molecule has 4 heteroatoms. The van der Waals surface area contributed by atoms with Gasteiger partial charge in [-0.2, -0.15) is 0 Å². The molecule has 0 unspecified atom stereocenters. The van der Waals surface area contributed by atoms with Crippen molar-refractivity contribution in [3.63, 3.8) is 0 Å². The van der Waals surface area contributed by atoms with Gasteiger partial charge in [-0.05, 0) is 24.1 Å². The second-order valence-electron chi connectivity index (χ2n) is 3.88. The van der Waals surface area contributed by atoms with Gasteiger partial charge in [-0.3, -0.25) is 4.79 Å². The van der Waals surface area contributed by atoms with Gasteiger partial charge in [0, 0.05) is 23.8 Å². The number of carbonyl (C=O) groups excluding carboxylic acids is 1. The van der Waals surface area contributed by atoms with E-state index in [1.807, 2.05) is 7.05 Å². The maximum absolute atomic E-state index is 10.7. The normalized spacial score (nSPS) is 10.3. The van der Waals surface area contributed by atoms with Gasteiger partial charge in [0.15, 0.2) is 5.62 Å². The number of carbonyl (C=O) groups is 1. The predicted octanol–water partition coefficient (Wildman–Crippen LogP) is 3.75. The molecule has 0 aliphatic carbocycles. The van der Waals surface area contributed by atoms with Crippen molar-refractivity contribution in [1.29, 1.82) is 0 Å². The smallest absolute Gasteiger partial charge is 0.181 e. The van der Waals surface area contributed by atoms with Crippen LogP contribution in [0.3, 0.4) is 0 Å². The van der Waals surface area contributed by atoms with Crippen molar-refractivity contribution in [3.8, 4) is 0 Å². The molecule has 1 aromatic rings. The molecular formula is C13H18BrNOS. The molecule has 0 saturated heterocycles. The monoisotopic (exact) mass is 315 g/mol. The Kier molecular flexibility index (Phi) is 6.66. The molecule has 2 nitrogen and oxygen atoms in total. The van der Waals surface area contributed by atoms with Gasteiger partial charge in [-0.25, -0.2) is 0 Å². The van der Waals surface area contributed by atoms with Crippen LogP contribution in [-0.4, -0.2) is 24.5 Å². The minimum atomic E-state index is 0.899. The van der Waals surface area contributed by atoms with Crippen LogP contribution in [0.1, 0.15) is 18.9 Å². The fraction of sp³-hybridized carbons (Fsp3) is 0.462. The highest BCUT2D eigenvalue weighted by atomic mass is 79.9. The predicted molar refractivity (Wildman–Crippen MR) is 80.1 cm³/mol. The summed E-state index contributed by atoms with van der Waals surface area (Å²) in [4.78, 5) is 13.9. The molecule has 0 saturated carbocycles. The van der Waals surface area contributed by atoms with Crippen LogP contribution in [0.25, 0.3) is 0 Å². The summed E-state index contributed by atoms with van der Waals surface area (Å²) in [6.45, 7) is 3.09. The molecule has 0 heterocycles. The Labute approximate surface area is 116 Å². The average Bonchev–Trinajstić information content (AvgIpc) is 2.30. The first-order valence-corrected chi connectivity index (χ1v) is 7.73. The van der Waals surface area contributed by atoms with Gasteiger partial charge in [0.1, 0.15) is 0 Å². The van der Waals surface area contributed by atoms with Crippen LogP contribution in [0.2, 0.25) is 0 Å². The van der Waals surface area contributed by atoms with Crippen LogP contribution < -0.4 is 4.90 Å². The van der Waals surface area contributed by atoms with Crippen LogP contribution in [-0.2, 0) is 11.2 Å². The topological polar surface area (TPSA) is 20.3 Å². The molecule has 0 aliphatic heterocycles. The SMILES string of the molecule is CCCc1ccc(N(C)CCBr)c(SC=O)c1. The van der Waals surface area contributed by atoms with E-state index in [1.165, 1.54) is 17.3 Å². The lowest BCUT2D eigenvalue weighted by Crippen LogP contribution is -2.20. The molecule has 17 heavy (non-hydrogen) atoms. The lowest BCUT2D eigenvalue weighted by atomic mass is 10.1. The molecule has 0 fully saturated rings. The van der Waals surface area contributed by atoms with Gasteiger partial charge in [0.2, 0.25) is 0 Å². The number of anilines is 1. The molecule has 1 rings (SSSR count).